The van der Waals surface area contributed by atoms with Gasteiger partial charge in [0.25, 0.3) is 0 Å². The molecule has 15 heavy (non-hydrogen) atoms. The van der Waals surface area contributed by atoms with Crippen molar-refractivity contribution in [2.45, 2.75) is 26.3 Å². The van der Waals surface area contributed by atoms with E-state index in [2.05, 4.69) is 11.9 Å². The maximum atomic E-state index is 11.4. The van der Waals surface area contributed by atoms with Crippen molar-refractivity contribution in [2.24, 2.45) is 5.92 Å². The van der Waals surface area contributed by atoms with Crippen LogP contribution < -0.4 is 5.32 Å². The molecule has 0 aromatic carbocycles. The summed E-state index contributed by atoms with van der Waals surface area (Å²) in [6.45, 7) is 7.31. The molecule has 5 nitrogen and oxygen atoms in total. The number of carboxylic acid groups (broad SMARTS) is 1. The van der Waals surface area contributed by atoms with Gasteiger partial charge in [-0.05, 0) is 13.3 Å². The lowest BCUT2D eigenvalue weighted by Crippen LogP contribution is -2.45. The second-order valence-electron chi connectivity index (χ2n) is 2.99. The van der Waals surface area contributed by atoms with Crippen molar-refractivity contribution >= 4 is 12.1 Å². The first-order chi connectivity index (χ1) is 7.06. The normalized spacial score (nSPS) is 13.7. The van der Waals surface area contributed by atoms with E-state index in [1.807, 2.05) is 6.92 Å². The SMILES string of the molecule is C=C[C@H](CC)C(NC(=O)O)C(=O)OCC. The number of amides is 1. The third kappa shape index (κ3) is 4.49. The average molecular weight is 215 g/mol. The maximum absolute atomic E-state index is 11.4. The zero-order chi connectivity index (χ0) is 11.8. The van der Waals surface area contributed by atoms with Gasteiger partial charge in [0.2, 0.25) is 0 Å². The van der Waals surface area contributed by atoms with E-state index in [0.717, 1.165) is 0 Å². The molecule has 0 heterocycles. The van der Waals surface area contributed by atoms with Crippen LogP contribution in [0.3, 0.4) is 0 Å². The topological polar surface area (TPSA) is 75.6 Å². The van der Waals surface area contributed by atoms with Crippen molar-refractivity contribution < 1.29 is 19.4 Å². The molecule has 86 valence electrons. The van der Waals surface area contributed by atoms with Crippen molar-refractivity contribution in [1.29, 1.82) is 0 Å². The molecule has 2 N–H and O–H groups in total. The molecule has 2 atom stereocenters. The fourth-order valence-electron chi connectivity index (χ4n) is 1.24. The Hall–Kier alpha value is -1.52. The molecule has 0 fully saturated rings. The summed E-state index contributed by atoms with van der Waals surface area (Å²) in [7, 11) is 0. The molecule has 0 saturated heterocycles. The summed E-state index contributed by atoms with van der Waals surface area (Å²) >= 11 is 0. The van der Waals surface area contributed by atoms with Crippen LogP contribution in [0.4, 0.5) is 4.79 Å². The zero-order valence-electron chi connectivity index (χ0n) is 9.03. The first-order valence-electron chi connectivity index (χ1n) is 4.85. The minimum Gasteiger partial charge on any atom is -0.465 e. The summed E-state index contributed by atoms with van der Waals surface area (Å²) in [5, 5.41) is 10.7. The smallest absolute Gasteiger partial charge is 0.405 e. The third-order valence-corrected chi connectivity index (χ3v) is 2.02. The van der Waals surface area contributed by atoms with E-state index < -0.39 is 18.1 Å². The van der Waals surface area contributed by atoms with Gasteiger partial charge in [-0.25, -0.2) is 9.59 Å². The predicted octanol–water partition coefficient (Wildman–Crippen LogP) is 1.40. The van der Waals surface area contributed by atoms with Crippen molar-refractivity contribution in [3.05, 3.63) is 12.7 Å². The van der Waals surface area contributed by atoms with Crippen LogP contribution in [0.2, 0.25) is 0 Å². The van der Waals surface area contributed by atoms with Gasteiger partial charge in [-0.3, -0.25) is 0 Å². The Kier molecular flexibility index (Phi) is 6.17. The number of carbonyl (C=O) groups excluding carboxylic acids is 1. The Morgan fingerprint density at radius 2 is 2.13 bits per heavy atom. The van der Waals surface area contributed by atoms with Gasteiger partial charge in [0, 0.05) is 5.92 Å². The van der Waals surface area contributed by atoms with Crippen molar-refractivity contribution in [1.82, 2.24) is 5.32 Å². The molecular weight excluding hydrogens is 198 g/mol. The van der Waals surface area contributed by atoms with Gasteiger partial charge in [-0.15, -0.1) is 6.58 Å². The lowest BCUT2D eigenvalue weighted by atomic mass is 9.97. The molecule has 0 aromatic rings. The molecule has 0 radical (unpaired) electrons. The Morgan fingerprint density at radius 1 is 1.53 bits per heavy atom. The first kappa shape index (κ1) is 13.5. The van der Waals surface area contributed by atoms with Crippen LogP contribution in [0, 0.1) is 5.92 Å². The quantitative estimate of drug-likeness (QED) is 0.518. The van der Waals surface area contributed by atoms with E-state index in [-0.39, 0.29) is 12.5 Å². The summed E-state index contributed by atoms with van der Waals surface area (Å²) in [6.07, 6.45) is 0.929. The summed E-state index contributed by atoms with van der Waals surface area (Å²) in [6, 6.07) is -0.870. The van der Waals surface area contributed by atoms with Gasteiger partial charge in [0.05, 0.1) is 6.61 Å². The molecule has 0 aromatic heterocycles. The molecule has 1 amide bonds. The third-order valence-electron chi connectivity index (χ3n) is 2.02. The van der Waals surface area contributed by atoms with Crippen LogP contribution in [0.5, 0.6) is 0 Å². The standard InChI is InChI=1S/C10H17NO4/c1-4-7(5-2)8(11-10(13)14)9(12)15-6-3/h4,7-8,11H,1,5-6H2,2-3H3,(H,13,14)/t7-,8?/m1/s1. The van der Waals surface area contributed by atoms with Gasteiger partial charge < -0.3 is 15.2 Å². The molecule has 0 aliphatic carbocycles. The van der Waals surface area contributed by atoms with Crippen LogP contribution in [-0.4, -0.2) is 29.8 Å². The van der Waals surface area contributed by atoms with Crippen molar-refractivity contribution in [2.75, 3.05) is 6.61 Å². The molecular formula is C10H17NO4. The fraction of sp³-hybridized carbons (Fsp3) is 0.600. The predicted molar refractivity (Wildman–Crippen MR) is 55.6 cm³/mol. The van der Waals surface area contributed by atoms with E-state index in [9.17, 15) is 9.59 Å². The highest BCUT2D eigenvalue weighted by Gasteiger charge is 2.27. The second kappa shape index (κ2) is 6.86. The monoisotopic (exact) mass is 215 g/mol. The Balaban J connectivity index is 4.61. The van der Waals surface area contributed by atoms with E-state index in [0.29, 0.717) is 6.42 Å². The Bertz CT molecular complexity index is 240. The van der Waals surface area contributed by atoms with Crippen molar-refractivity contribution in [3.63, 3.8) is 0 Å². The fourth-order valence-corrected chi connectivity index (χ4v) is 1.24. The Morgan fingerprint density at radius 3 is 2.47 bits per heavy atom. The summed E-state index contributed by atoms with van der Waals surface area (Å²) in [5.41, 5.74) is 0. The van der Waals surface area contributed by atoms with E-state index in [4.69, 9.17) is 9.84 Å². The first-order valence-corrected chi connectivity index (χ1v) is 4.85. The molecule has 0 aliphatic heterocycles. The van der Waals surface area contributed by atoms with Crippen LogP contribution in [0.15, 0.2) is 12.7 Å². The number of ether oxygens (including phenoxy) is 1. The summed E-state index contributed by atoms with van der Waals surface area (Å²) in [5.74, 6) is -0.813. The number of carbonyl (C=O) groups is 2. The highest BCUT2D eigenvalue weighted by molar-refractivity contribution is 5.81. The largest absolute Gasteiger partial charge is 0.465 e. The lowest BCUT2D eigenvalue weighted by Gasteiger charge is -2.21. The van der Waals surface area contributed by atoms with E-state index in [1.54, 1.807) is 13.0 Å². The molecule has 0 bridgehead atoms. The van der Waals surface area contributed by atoms with Crippen LogP contribution >= 0.6 is 0 Å². The molecule has 0 spiro atoms. The molecule has 0 rings (SSSR count). The van der Waals surface area contributed by atoms with Gasteiger partial charge in [-0.2, -0.15) is 0 Å². The Labute approximate surface area is 89.1 Å². The number of nitrogens with one attached hydrogen (secondary N) is 1. The van der Waals surface area contributed by atoms with Gasteiger partial charge >= 0.3 is 12.1 Å². The number of hydrogen-bond acceptors (Lipinski definition) is 3. The lowest BCUT2D eigenvalue weighted by molar-refractivity contribution is -0.146. The molecule has 1 unspecified atom stereocenters. The van der Waals surface area contributed by atoms with Crippen LogP contribution in [0.1, 0.15) is 20.3 Å². The zero-order valence-corrected chi connectivity index (χ0v) is 9.03. The highest BCUT2D eigenvalue weighted by atomic mass is 16.5. The summed E-state index contributed by atoms with van der Waals surface area (Å²) < 4.78 is 4.78. The summed E-state index contributed by atoms with van der Waals surface area (Å²) in [4.78, 5) is 21.9. The minimum absolute atomic E-state index is 0.226. The van der Waals surface area contributed by atoms with Crippen LogP contribution in [-0.2, 0) is 9.53 Å². The maximum Gasteiger partial charge on any atom is 0.405 e. The van der Waals surface area contributed by atoms with Crippen molar-refractivity contribution in [3.8, 4) is 0 Å². The van der Waals surface area contributed by atoms with Gasteiger partial charge in [0.15, 0.2) is 0 Å². The van der Waals surface area contributed by atoms with Gasteiger partial charge in [-0.1, -0.05) is 13.0 Å². The number of hydrogen-bond donors (Lipinski definition) is 2. The van der Waals surface area contributed by atoms with E-state index >= 15 is 0 Å². The number of esters is 1. The van der Waals surface area contributed by atoms with Crippen LogP contribution in [0.25, 0.3) is 0 Å². The second-order valence-corrected chi connectivity index (χ2v) is 2.99. The number of rotatable bonds is 6. The minimum atomic E-state index is -1.24. The molecule has 5 heteroatoms. The molecule has 0 saturated carbocycles. The average Bonchev–Trinajstić information content (AvgIpc) is 2.18. The highest BCUT2D eigenvalue weighted by Crippen LogP contribution is 2.11. The van der Waals surface area contributed by atoms with E-state index in [1.165, 1.54) is 0 Å². The van der Waals surface area contributed by atoms with Gasteiger partial charge in [0.1, 0.15) is 6.04 Å². The molecule has 0 aliphatic rings.